The lowest BCUT2D eigenvalue weighted by molar-refractivity contribution is -0.126. The summed E-state index contributed by atoms with van der Waals surface area (Å²) < 4.78 is 5.89. The number of para-hydroxylation sites is 4. The molecule has 4 rings (SSSR count). The van der Waals surface area contributed by atoms with Crippen LogP contribution in [0.3, 0.4) is 0 Å². The molecule has 3 amide bonds. The van der Waals surface area contributed by atoms with Crippen LogP contribution in [0.5, 0.6) is 5.75 Å². The molecule has 2 N–H and O–H groups in total. The van der Waals surface area contributed by atoms with E-state index in [9.17, 15) is 14.4 Å². The molecule has 1 atom stereocenters. The minimum Gasteiger partial charge on any atom is -0.480 e. The summed E-state index contributed by atoms with van der Waals surface area (Å²) in [6, 6.07) is 22.9. The third kappa shape index (κ3) is 4.40. The number of carbonyl (C=O) groups excluding carboxylic acids is 3. The van der Waals surface area contributed by atoms with Crippen LogP contribution in [-0.4, -0.2) is 30.4 Å². The molecule has 0 bridgehead atoms. The number of rotatable bonds is 5. The number of fused-ring (bicyclic) bond motifs is 1. The Morgan fingerprint density at radius 2 is 1.65 bits per heavy atom. The number of hydrogen-bond acceptors (Lipinski definition) is 4. The molecular formula is C24H21N3O4. The van der Waals surface area contributed by atoms with Gasteiger partial charge in [0.1, 0.15) is 12.3 Å². The smallest absolute Gasteiger partial charge is 0.268 e. The van der Waals surface area contributed by atoms with Crippen LogP contribution >= 0.6 is 0 Å². The standard InChI is InChI=1S/C24H21N3O4/c1-16(24(30)27-15-22(28)26-19-12-6-7-13-20(19)27)31-21-14-8-5-11-18(21)23(29)25-17-9-3-2-4-10-17/h2-14,16H,15H2,1H3,(H,25,29)(H,26,28)/t16-/m0/s1. The van der Waals surface area contributed by atoms with E-state index in [1.54, 1.807) is 67.6 Å². The van der Waals surface area contributed by atoms with Gasteiger partial charge in [0.2, 0.25) is 5.91 Å². The number of amides is 3. The van der Waals surface area contributed by atoms with Crippen molar-refractivity contribution in [1.29, 1.82) is 0 Å². The summed E-state index contributed by atoms with van der Waals surface area (Å²) in [5.74, 6) is -0.710. The van der Waals surface area contributed by atoms with Gasteiger partial charge in [-0.3, -0.25) is 19.3 Å². The first-order valence-electron chi connectivity index (χ1n) is 9.85. The summed E-state index contributed by atoms with van der Waals surface area (Å²) in [4.78, 5) is 39.3. The molecule has 7 nitrogen and oxygen atoms in total. The van der Waals surface area contributed by atoms with Crippen LogP contribution in [0.4, 0.5) is 17.1 Å². The maximum Gasteiger partial charge on any atom is 0.268 e. The van der Waals surface area contributed by atoms with E-state index >= 15 is 0 Å². The first kappa shape index (κ1) is 20.2. The minimum absolute atomic E-state index is 0.0975. The highest BCUT2D eigenvalue weighted by Crippen LogP contribution is 2.30. The molecule has 0 aliphatic carbocycles. The van der Waals surface area contributed by atoms with E-state index in [4.69, 9.17) is 4.74 Å². The Kier molecular flexibility index (Phi) is 5.66. The highest BCUT2D eigenvalue weighted by atomic mass is 16.5. The molecule has 0 saturated carbocycles. The second kappa shape index (κ2) is 8.71. The van der Waals surface area contributed by atoms with E-state index in [-0.39, 0.29) is 30.0 Å². The molecular weight excluding hydrogens is 394 g/mol. The molecule has 0 aromatic heterocycles. The van der Waals surface area contributed by atoms with Gasteiger partial charge in [0.25, 0.3) is 11.8 Å². The van der Waals surface area contributed by atoms with Crippen molar-refractivity contribution in [1.82, 2.24) is 0 Å². The molecule has 3 aromatic carbocycles. The van der Waals surface area contributed by atoms with Crippen molar-refractivity contribution in [2.24, 2.45) is 0 Å². The van der Waals surface area contributed by atoms with Gasteiger partial charge in [-0.2, -0.15) is 0 Å². The number of nitrogens with zero attached hydrogens (tertiary/aromatic N) is 1. The lowest BCUT2D eigenvalue weighted by Crippen LogP contribution is -2.47. The monoisotopic (exact) mass is 415 g/mol. The van der Waals surface area contributed by atoms with Crippen molar-refractivity contribution in [3.05, 3.63) is 84.4 Å². The Bertz CT molecular complexity index is 1130. The average molecular weight is 415 g/mol. The molecule has 0 radical (unpaired) electrons. The SMILES string of the molecule is C[C@H](Oc1ccccc1C(=O)Nc1ccccc1)C(=O)N1CC(=O)Nc2ccccc21. The third-order valence-corrected chi connectivity index (χ3v) is 4.85. The summed E-state index contributed by atoms with van der Waals surface area (Å²) in [7, 11) is 0. The van der Waals surface area contributed by atoms with Crippen LogP contribution in [0, 0.1) is 0 Å². The van der Waals surface area contributed by atoms with Gasteiger partial charge in [0.05, 0.1) is 16.9 Å². The molecule has 0 spiro atoms. The van der Waals surface area contributed by atoms with E-state index in [0.29, 0.717) is 22.6 Å². The second-order valence-electron chi connectivity index (χ2n) is 7.07. The summed E-state index contributed by atoms with van der Waals surface area (Å²) in [6.45, 7) is 1.50. The second-order valence-corrected chi connectivity index (χ2v) is 7.07. The van der Waals surface area contributed by atoms with Gasteiger partial charge >= 0.3 is 0 Å². The Morgan fingerprint density at radius 1 is 0.968 bits per heavy atom. The van der Waals surface area contributed by atoms with Crippen molar-refractivity contribution in [2.75, 3.05) is 22.1 Å². The number of anilines is 3. The molecule has 156 valence electrons. The van der Waals surface area contributed by atoms with Crippen LogP contribution in [0.15, 0.2) is 78.9 Å². The molecule has 0 unspecified atom stereocenters. The fourth-order valence-electron chi connectivity index (χ4n) is 3.37. The predicted molar refractivity (Wildman–Crippen MR) is 118 cm³/mol. The zero-order chi connectivity index (χ0) is 21.8. The van der Waals surface area contributed by atoms with E-state index in [1.807, 2.05) is 18.2 Å². The molecule has 0 fully saturated rings. The topological polar surface area (TPSA) is 87.7 Å². The van der Waals surface area contributed by atoms with Gasteiger partial charge in [-0.15, -0.1) is 0 Å². The van der Waals surface area contributed by atoms with Gasteiger partial charge < -0.3 is 15.4 Å². The van der Waals surface area contributed by atoms with Gasteiger partial charge in [-0.05, 0) is 43.3 Å². The molecule has 1 aliphatic heterocycles. The number of benzene rings is 3. The summed E-state index contributed by atoms with van der Waals surface area (Å²) >= 11 is 0. The Balaban J connectivity index is 1.53. The summed E-state index contributed by atoms with van der Waals surface area (Å²) in [5, 5.41) is 5.57. The van der Waals surface area contributed by atoms with E-state index < -0.39 is 6.10 Å². The molecule has 1 heterocycles. The third-order valence-electron chi connectivity index (χ3n) is 4.85. The van der Waals surface area contributed by atoms with Gasteiger partial charge in [0.15, 0.2) is 6.10 Å². The molecule has 1 aliphatic rings. The number of carbonyl (C=O) groups is 3. The summed E-state index contributed by atoms with van der Waals surface area (Å²) in [5.41, 5.74) is 2.14. The highest BCUT2D eigenvalue weighted by molar-refractivity contribution is 6.11. The van der Waals surface area contributed by atoms with Crippen molar-refractivity contribution in [3.8, 4) is 5.75 Å². The van der Waals surface area contributed by atoms with Crippen molar-refractivity contribution in [2.45, 2.75) is 13.0 Å². The van der Waals surface area contributed by atoms with Crippen LogP contribution in [0.2, 0.25) is 0 Å². The number of ether oxygens (including phenoxy) is 1. The fourth-order valence-corrected chi connectivity index (χ4v) is 3.37. The zero-order valence-electron chi connectivity index (χ0n) is 16.9. The lowest BCUT2D eigenvalue weighted by Gasteiger charge is -2.31. The average Bonchev–Trinajstić information content (AvgIpc) is 2.79. The van der Waals surface area contributed by atoms with Gasteiger partial charge in [-0.25, -0.2) is 0 Å². The number of nitrogens with one attached hydrogen (secondary N) is 2. The zero-order valence-corrected chi connectivity index (χ0v) is 16.9. The van der Waals surface area contributed by atoms with E-state index in [0.717, 1.165) is 0 Å². The molecule has 3 aromatic rings. The molecule has 31 heavy (non-hydrogen) atoms. The lowest BCUT2D eigenvalue weighted by atomic mass is 10.1. The minimum atomic E-state index is -0.912. The van der Waals surface area contributed by atoms with Crippen molar-refractivity contribution in [3.63, 3.8) is 0 Å². The summed E-state index contributed by atoms with van der Waals surface area (Å²) in [6.07, 6.45) is -0.912. The van der Waals surface area contributed by atoms with Crippen LogP contribution < -0.4 is 20.3 Å². The normalized spacial score (nSPS) is 13.6. The number of hydrogen-bond donors (Lipinski definition) is 2. The van der Waals surface area contributed by atoms with Gasteiger partial charge in [-0.1, -0.05) is 42.5 Å². The molecule has 7 heteroatoms. The highest BCUT2D eigenvalue weighted by Gasteiger charge is 2.31. The van der Waals surface area contributed by atoms with Crippen molar-refractivity contribution >= 4 is 34.8 Å². The van der Waals surface area contributed by atoms with Crippen molar-refractivity contribution < 1.29 is 19.1 Å². The van der Waals surface area contributed by atoms with E-state index in [1.165, 1.54) is 4.90 Å². The largest absolute Gasteiger partial charge is 0.480 e. The quantitative estimate of drug-likeness (QED) is 0.665. The van der Waals surface area contributed by atoms with E-state index in [2.05, 4.69) is 10.6 Å². The van der Waals surface area contributed by atoms with Crippen LogP contribution in [0.1, 0.15) is 17.3 Å². The van der Waals surface area contributed by atoms with Crippen LogP contribution in [0.25, 0.3) is 0 Å². The maximum atomic E-state index is 13.1. The maximum absolute atomic E-state index is 13.1. The Labute approximate surface area is 179 Å². The Hall–Kier alpha value is -4.13. The van der Waals surface area contributed by atoms with Crippen LogP contribution in [-0.2, 0) is 9.59 Å². The van der Waals surface area contributed by atoms with Gasteiger partial charge in [0, 0.05) is 5.69 Å². The first-order valence-corrected chi connectivity index (χ1v) is 9.85. The Morgan fingerprint density at radius 3 is 2.45 bits per heavy atom. The molecule has 0 saturated heterocycles. The first-order chi connectivity index (χ1) is 15.0. The fraction of sp³-hybridized carbons (Fsp3) is 0.125. The predicted octanol–water partition coefficient (Wildman–Crippen LogP) is 3.69.